The van der Waals surface area contributed by atoms with Crippen LogP contribution < -0.4 is 34.9 Å². The fourth-order valence-electron chi connectivity index (χ4n) is 2.45. The molecule has 0 saturated carbocycles. The Bertz CT molecular complexity index is 487. The molecular weight excluding hydrogens is 217 g/mol. The second-order valence-corrected chi connectivity index (χ2v) is 4.25. The average Bonchev–Trinajstić information content (AvgIpc) is 2.39. The first-order chi connectivity index (χ1) is 7.95. The Morgan fingerprint density at radius 2 is 1.65 bits per heavy atom. The molecular formula is C15H16NNa. The van der Waals surface area contributed by atoms with Crippen molar-refractivity contribution in [2.75, 3.05) is 6.54 Å². The molecule has 3 rings (SSSR count). The van der Waals surface area contributed by atoms with Gasteiger partial charge in [-0.1, -0.05) is 54.6 Å². The van der Waals surface area contributed by atoms with Crippen LogP contribution in [0.1, 0.15) is 24.2 Å². The van der Waals surface area contributed by atoms with Crippen LogP contribution in [0.15, 0.2) is 54.6 Å². The number of hydrogen-bond donors (Lipinski definition) is 1. The van der Waals surface area contributed by atoms with Crippen LogP contribution in [0.2, 0.25) is 0 Å². The standard InChI is InChI=1S/C15H15N.Na.H/c1-2-7-13(8-3-1)15-14-9-5-4-6-12(14)10-11-16-15;;/h1-9,15-16H,10-11H2;;/q;+1;-1/t15-;;/m0../s1. The Morgan fingerprint density at radius 3 is 2.47 bits per heavy atom. The fourth-order valence-corrected chi connectivity index (χ4v) is 2.45. The van der Waals surface area contributed by atoms with Crippen molar-refractivity contribution in [2.24, 2.45) is 0 Å². The van der Waals surface area contributed by atoms with E-state index >= 15 is 0 Å². The summed E-state index contributed by atoms with van der Waals surface area (Å²) in [5.74, 6) is 0. The SMILES string of the molecule is [H-].[Na+].c1ccc([C@@H]2NCCc3ccccc32)cc1. The molecule has 0 bridgehead atoms. The summed E-state index contributed by atoms with van der Waals surface area (Å²) in [5, 5.41) is 3.59. The van der Waals surface area contributed by atoms with Gasteiger partial charge in [0.25, 0.3) is 0 Å². The zero-order valence-electron chi connectivity index (χ0n) is 11.2. The van der Waals surface area contributed by atoms with Gasteiger partial charge in [0, 0.05) is 6.54 Å². The predicted octanol–water partition coefficient (Wildman–Crippen LogP) is 0.0382. The average molecular weight is 233 g/mol. The van der Waals surface area contributed by atoms with Crippen LogP contribution in [0.5, 0.6) is 0 Å². The van der Waals surface area contributed by atoms with Gasteiger partial charge in [0.15, 0.2) is 0 Å². The fraction of sp³-hybridized carbons (Fsp3) is 0.200. The van der Waals surface area contributed by atoms with E-state index in [9.17, 15) is 0 Å². The van der Waals surface area contributed by atoms with Crippen LogP contribution in [-0.2, 0) is 6.42 Å². The smallest absolute Gasteiger partial charge is 1.00 e. The second-order valence-electron chi connectivity index (χ2n) is 4.25. The van der Waals surface area contributed by atoms with E-state index in [1.807, 2.05) is 0 Å². The second kappa shape index (κ2) is 5.83. The summed E-state index contributed by atoms with van der Waals surface area (Å²) in [6, 6.07) is 19.8. The molecule has 0 aliphatic carbocycles. The van der Waals surface area contributed by atoms with Gasteiger partial charge in [-0.2, -0.15) is 0 Å². The van der Waals surface area contributed by atoms with E-state index in [4.69, 9.17) is 0 Å². The maximum Gasteiger partial charge on any atom is 1.00 e. The van der Waals surface area contributed by atoms with Crippen LogP contribution in [0, 0.1) is 0 Å². The number of rotatable bonds is 1. The third kappa shape index (κ3) is 2.63. The molecule has 0 saturated heterocycles. The van der Waals surface area contributed by atoms with Crippen LogP contribution in [0.25, 0.3) is 0 Å². The van der Waals surface area contributed by atoms with Crippen molar-refractivity contribution in [2.45, 2.75) is 12.5 Å². The largest absolute Gasteiger partial charge is 1.00 e. The first-order valence-electron chi connectivity index (χ1n) is 5.81. The maximum atomic E-state index is 3.59. The summed E-state index contributed by atoms with van der Waals surface area (Å²) in [5.41, 5.74) is 4.27. The molecule has 1 heterocycles. The van der Waals surface area contributed by atoms with Gasteiger partial charge in [-0.3, -0.25) is 0 Å². The molecule has 2 aromatic rings. The van der Waals surface area contributed by atoms with Gasteiger partial charge in [-0.05, 0) is 23.1 Å². The molecule has 0 fully saturated rings. The summed E-state index contributed by atoms with van der Waals surface area (Å²) < 4.78 is 0. The molecule has 1 N–H and O–H groups in total. The van der Waals surface area contributed by atoms with E-state index < -0.39 is 0 Å². The number of nitrogens with one attached hydrogen (secondary N) is 1. The van der Waals surface area contributed by atoms with Crippen LogP contribution in [-0.4, -0.2) is 6.54 Å². The van der Waals surface area contributed by atoms with Crippen LogP contribution in [0.3, 0.4) is 0 Å². The number of benzene rings is 2. The third-order valence-electron chi connectivity index (χ3n) is 3.24. The molecule has 1 nitrogen and oxygen atoms in total. The van der Waals surface area contributed by atoms with Gasteiger partial charge in [0.2, 0.25) is 0 Å². The number of hydrogen-bond acceptors (Lipinski definition) is 1. The molecule has 17 heavy (non-hydrogen) atoms. The molecule has 2 aromatic carbocycles. The molecule has 1 atom stereocenters. The first kappa shape index (κ1) is 12.8. The van der Waals surface area contributed by atoms with Crippen molar-refractivity contribution in [1.29, 1.82) is 0 Å². The topological polar surface area (TPSA) is 12.0 Å². The van der Waals surface area contributed by atoms with Gasteiger partial charge in [-0.25, -0.2) is 0 Å². The quantitative estimate of drug-likeness (QED) is 0.686. The molecule has 1 aliphatic rings. The molecule has 0 spiro atoms. The molecule has 2 heteroatoms. The van der Waals surface area contributed by atoms with E-state index in [1.165, 1.54) is 16.7 Å². The number of fused-ring (bicyclic) bond motifs is 1. The van der Waals surface area contributed by atoms with Crippen LogP contribution >= 0.6 is 0 Å². The van der Waals surface area contributed by atoms with E-state index in [2.05, 4.69) is 59.9 Å². The van der Waals surface area contributed by atoms with Crippen molar-refractivity contribution < 1.29 is 31.0 Å². The molecule has 0 aromatic heterocycles. The monoisotopic (exact) mass is 233 g/mol. The minimum Gasteiger partial charge on any atom is -1.00 e. The summed E-state index contributed by atoms with van der Waals surface area (Å²) in [4.78, 5) is 0. The molecule has 82 valence electrons. The summed E-state index contributed by atoms with van der Waals surface area (Å²) in [7, 11) is 0. The predicted molar refractivity (Wildman–Crippen MR) is 67.5 cm³/mol. The van der Waals surface area contributed by atoms with E-state index in [0.29, 0.717) is 6.04 Å². The van der Waals surface area contributed by atoms with Gasteiger partial charge in [-0.15, -0.1) is 0 Å². The minimum absolute atomic E-state index is 0. The van der Waals surface area contributed by atoms with Gasteiger partial charge < -0.3 is 6.74 Å². The molecule has 0 unspecified atom stereocenters. The van der Waals surface area contributed by atoms with Gasteiger partial charge in [0.05, 0.1) is 6.04 Å². The summed E-state index contributed by atoms with van der Waals surface area (Å²) in [6.07, 6.45) is 1.14. The van der Waals surface area contributed by atoms with E-state index in [0.717, 1.165) is 13.0 Å². The summed E-state index contributed by atoms with van der Waals surface area (Å²) >= 11 is 0. The maximum absolute atomic E-state index is 3.59. The van der Waals surface area contributed by atoms with Crippen molar-refractivity contribution in [3.05, 3.63) is 71.3 Å². The third-order valence-corrected chi connectivity index (χ3v) is 3.24. The van der Waals surface area contributed by atoms with E-state index in [1.54, 1.807) is 0 Å². The Morgan fingerprint density at radius 1 is 0.941 bits per heavy atom. The van der Waals surface area contributed by atoms with Crippen LogP contribution in [0.4, 0.5) is 0 Å². The Kier molecular flexibility index (Phi) is 4.41. The molecule has 0 radical (unpaired) electrons. The first-order valence-corrected chi connectivity index (χ1v) is 5.81. The zero-order chi connectivity index (χ0) is 10.8. The van der Waals surface area contributed by atoms with Crippen molar-refractivity contribution >= 4 is 0 Å². The van der Waals surface area contributed by atoms with Crippen molar-refractivity contribution in [3.8, 4) is 0 Å². The molecule has 0 amide bonds. The normalized spacial score (nSPS) is 18.0. The molecule has 1 aliphatic heterocycles. The zero-order valence-corrected chi connectivity index (χ0v) is 12.2. The van der Waals surface area contributed by atoms with Gasteiger partial charge in [0.1, 0.15) is 0 Å². The Hall–Kier alpha value is -0.600. The van der Waals surface area contributed by atoms with Gasteiger partial charge >= 0.3 is 29.6 Å². The van der Waals surface area contributed by atoms with Crippen molar-refractivity contribution in [3.63, 3.8) is 0 Å². The summed E-state index contributed by atoms with van der Waals surface area (Å²) in [6.45, 7) is 1.07. The Labute approximate surface area is 126 Å². The van der Waals surface area contributed by atoms with Crippen molar-refractivity contribution in [1.82, 2.24) is 5.32 Å². The Balaban J connectivity index is 0.000000810. The minimum atomic E-state index is 0. The van der Waals surface area contributed by atoms with E-state index in [-0.39, 0.29) is 31.0 Å².